The number of ether oxygens (including phenoxy) is 2. The summed E-state index contributed by atoms with van der Waals surface area (Å²) in [5, 5.41) is 7.04. The molecule has 1 aliphatic heterocycles. The third-order valence-corrected chi connectivity index (χ3v) is 5.43. The molecular formula is C21H19ClN4O5. The number of hydrogen-bond donors (Lipinski definition) is 1. The standard InChI is InChI=1S/C21H19ClN4O5/c1-21(14-6-4-5-7-15(14)22)19(27)26(20(28)24-21)11-17-23-18(25-31-17)13-9-8-12(29-2)10-16(13)30-3/h4-10H,11H2,1-3H3,(H,24,28). The van der Waals surface area contributed by atoms with Crippen molar-refractivity contribution in [2.75, 3.05) is 14.2 Å². The van der Waals surface area contributed by atoms with Crippen molar-refractivity contribution in [3.8, 4) is 22.9 Å². The fourth-order valence-corrected chi connectivity index (χ4v) is 3.76. The molecular weight excluding hydrogens is 424 g/mol. The van der Waals surface area contributed by atoms with Gasteiger partial charge < -0.3 is 19.3 Å². The first kappa shape index (κ1) is 20.7. The highest BCUT2D eigenvalue weighted by Crippen LogP contribution is 2.35. The second-order valence-electron chi connectivity index (χ2n) is 7.00. The Morgan fingerprint density at radius 3 is 2.65 bits per heavy atom. The molecule has 1 unspecified atom stereocenters. The molecule has 9 nitrogen and oxygen atoms in total. The molecule has 1 N–H and O–H groups in total. The number of aromatic nitrogens is 2. The van der Waals surface area contributed by atoms with Gasteiger partial charge in [-0.05, 0) is 25.1 Å². The summed E-state index contributed by atoms with van der Waals surface area (Å²) in [5.41, 5.74) is -0.208. The van der Waals surface area contributed by atoms with Crippen LogP contribution in [0.5, 0.6) is 11.5 Å². The number of carbonyl (C=O) groups excluding carboxylic acids is 2. The van der Waals surface area contributed by atoms with Crippen molar-refractivity contribution in [2.24, 2.45) is 0 Å². The molecule has 0 spiro atoms. The van der Waals surface area contributed by atoms with Crippen LogP contribution >= 0.6 is 11.6 Å². The van der Waals surface area contributed by atoms with Gasteiger partial charge in [0.1, 0.15) is 23.6 Å². The molecule has 0 aliphatic carbocycles. The SMILES string of the molecule is COc1ccc(-c2noc(CN3C(=O)NC(C)(c4ccccc4Cl)C3=O)n2)c(OC)c1. The summed E-state index contributed by atoms with van der Waals surface area (Å²) >= 11 is 6.25. The van der Waals surface area contributed by atoms with E-state index in [2.05, 4.69) is 15.5 Å². The first-order valence-corrected chi connectivity index (χ1v) is 9.69. The fourth-order valence-electron chi connectivity index (χ4n) is 3.44. The van der Waals surface area contributed by atoms with Gasteiger partial charge in [-0.3, -0.25) is 9.69 Å². The molecule has 2 heterocycles. The Bertz CT molecular complexity index is 1160. The number of hydrogen-bond acceptors (Lipinski definition) is 7. The summed E-state index contributed by atoms with van der Waals surface area (Å²) in [5.74, 6) is 0.998. The van der Waals surface area contributed by atoms with Gasteiger partial charge in [0.15, 0.2) is 0 Å². The summed E-state index contributed by atoms with van der Waals surface area (Å²) in [6.07, 6.45) is 0. The van der Waals surface area contributed by atoms with Gasteiger partial charge in [-0.15, -0.1) is 0 Å². The van der Waals surface area contributed by atoms with Crippen LogP contribution in [0.25, 0.3) is 11.4 Å². The van der Waals surface area contributed by atoms with Crippen molar-refractivity contribution >= 4 is 23.5 Å². The number of urea groups is 1. The summed E-state index contributed by atoms with van der Waals surface area (Å²) in [6, 6.07) is 11.4. The first-order valence-electron chi connectivity index (χ1n) is 9.31. The number of nitrogens with zero attached hydrogens (tertiary/aromatic N) is 3. The van der Waals surface area contributed by atoms with Crippen molar-refractivity contribution in [3.63, 3.8) is 0 Å². The normalized spacial score (nSPS) is 18.3. The monoisotopic (exact) mass is 442 g/mol. The first-order chi connectivity index (χ1) is 14.9. The summed E-state index contributed by atoms with van der Waals surface area (Å²) < 4.78 is 15.8. The third kappa shape index (κ3) is 3.57. The van der Waals surface area contributed by atoms with Gasteiger partial charge in [0.25, 0.3) is 5.91 Å². The highest BCUT2D eigenvalue weighted by molar-refractivity contribution is 6.32. The Morgan fingerprint density at radius 1 is 1.16 bits per heavy atom. The van der Waals surface area contributed by atoms with E-state index in [0.29, 0.717) is 27.6 Å². The zero-order chi connectivity index (χ0) is 22.2. The van der Waals surface area contributed by atoms with Crippen LogP contribution in [0.4, 0.5) is 4.79 Å². The van der Waals surface area contributed by atoms with Gasteiger partial charge >= 0.3 is 6.03 Å². The van der Waals surface area contributed by atoms with Crippen molar-refractivity contribution in [1.29, 1.82) is 0 Å². The Hall–Kier alpha value is -3.59. The van der Waals surface area contributed by atoms with Gasteiger partial charge in [-0.2, -0.15) is 4.98 Å². The van der Waals surface area contributed by atoms with E-state index in [-0.39, 0.29) is 18.3 Å². The Morgan fingerprint density at radius 2 is 1.94 bits per heavy atom. The van der Waals surface area contributed by atoms with Crippen LogP contribution in [0, 0.1) is 0 Å². The highest BCUT2D eigenvalue weighted by Gasteiger charge is 2.50. The van der Waals surface area contributed by atoms with Crippen molar-refractivity contribution in [1.82, 2.24) is 20.4 Å². The quantitative estimate of drug-likeness (QED) is 0.583. The topological polar surface area (TPSA) is 107 Å². The molecule has 0 radical (unpaired) electrons. The van der Waals surface area contributed by atoms with Gasteiger partial charge in [0.2, 0.25) is 11.7 Å². The van der Waals surface area contributed by atoms with Crippen LogP contribution in [0.2, 0.25) is 5.02 Å². The Balaban J connectivity index is 1.59. The minimum atomic E-state index is -1.29. The molecule has 3 aromatic rings. The average molecular weight is 443 g/mol. The summed E-state index contributed by atoms with van der Waals surface area (Å²) in [7, 11) is 3.07. The maximum atomic E-state index is 13.1. The number of methoxy groups -OCH3 is 2. The molecule has 4 rings (SSSR count). The molecule has 1 aliphatic rings. The van der Waals surface area contributed by atoms with E-state index in [1.807, 2.05) is 0 Å². The zero-order valence-corrected chi connectivity index (χ0v) is 17.8. The Labute approximate surface area is 182 Å². The summed E-state index contributed by atoms with van der Waals surface area (Å²) in [6.45, 7) is 1.42. The Kier molecular flexibility index (Phi) is 5.28. The van der Waals surface area contributed by atoms with E-state index in [1.165, 1.54) is 7.11 Å². The second kappa shape index (κ2) is 7.92. The molecule has 2 aromatic carbocycles. The van der Waals surface area contributed by atoms with Crippen LogP contribution < -0.4 is 14.8 Å². The van der Waals surface area contributed by atoms with Crippen LogP contribution in [0.3, 0.4) is 0 Å². The maximum Gasteiger partial charge on any atom is 0.325 e. The van der Waals surface area contributed by atoms with Crippen molar-refractivity contribution in [2.45, 2.75) is 19.0 Å². The lowest BCUT2D eigenvalue weighted by Gasteiger charge is -2.23. The predicted octanol–water partition coefficient (Wildman–Crippen LogP) is 3.37. The van der Waals surface area contributed by atoms with Gasteiger partial charge in [-0.1, -0.05) is 35.0 Å². The minimum absolute atomic E-state index is 0.0970. The van der Waals surface area contributed by atoms with Crippen LogP contribution in [0.15, 0.2) is 47.0 Å². The molecule has 3 amide bonds. The molecule has 1 atom stereocenters. The molecule has 1 saturated heterocycles. The van der Waals surface area contributed by atoms with Crippen LogP contribution in [-0.4, -0.2) is 41.2 Å². The van der Waals surface area contributed by atoms with Gasteiger partial charge in [-0.25, -0.2) is 4.79 Å². The van der Waals surface area contributed by atoms with E-state index in [4.69, 9.17) is 25.6 Å². The predicted molar refractivity (Wildman–Crippen MR) is 111 cm³/mol. The molecule has 160 valence electrons. The van der Waals surface area contributed by atoms with E-state index in [9.17, 15) is 9.59 Å². The van der Waals surface area contributed by atoms with Gasteiger partial charge in [0.05, 0.1) is 19.8 Å². The summed E-state index contributed by atoms with van der Waals surface area (Å²) in [4.78, 5) is 31.0. The number of nitrogens with one attached hydrogen (secondary N) is 1. The zero-order valence-electron chi connectivity index (χ0n) is 17.0. The molecule has 1 fully saturated rings. The number of carbonyl (C=O) groups is 2. The highest BCUT2D eigenvalue weighted by atomic mass is 35.5. The van der Waals surface area contributed by atoms with E-state index in [0.717, 1.165) is 4.90 Å². The van der Waals surface area contributed by atoms with E-state index in [1.54, 1.807) is 56.5 Å². The molecule has 1 aromatic heterocycles. The lowest BCUT2D eigenvalue weighted by atomic mass is 9.92. The van der Waals surface area contributed by atoms with Crippen LogP contribution in [-0.2, 0) is 16.9 Å². The fraction of sp³-hybridized carbons (Fsp3) is 0.238. The van der Waals surface area contributed by atoms with E-state index < -0.39 is 17.5 Å². The second-order valence-corrected chi connectivity index (χ2v) is 7.41. The third-order valence-electron chi connectivity index (χ3n) is 5.10. The lowest BCUT2D eigenvalue weighted by molar-refractivity contribution is -0.131. The van der Waals surface area contributed by atoms with Gasteiger partial charge in [0, 0.05) is 16.7 Å². The van der Waals surface area contributed by atoms with E-state index >= 15 is 0 Å². The minimum Gasteiger partial charge on any atom is -0.497 e. The number of benzene rings is 2. The van der Waals surface area contributed by atoms with Crippen molar-refractivity contribution in [3.05, 3.63) is 58.9 Å². The maximum absolute atomic E-state index is 13.1. The van der Waals surface area contributed by atoms with Crippen LogP contribution in [0.1, 0.15) is 18.4 Å². The smallest absolute Gasteiger partial charge is 0.325 e. The largest absolute Gasteiger partial charge is 0.497 e. The lowest BCUT2D eigenvalue weighted by Crippen LogP contribution is -2.41. The van der Waals surface area contributed by atoms with Crippen molar-refractivity contribution < 1.29 is 23.6 Å². The number of halogens is 1. The number of imide groups is 1. The molecule has 31 heavy (non-hydrogen) atoms. The average Bonchev–Trinajstić information content (AvgIpc) is 3.32. The number of amides is 3. The molecule has 10 heteroatoms. The molecule has 0 bridgehead atoms. The molecule has 0 saturated carbocycles. The number of rotatable bonds is 6.